The van der Waals surface area contributed by atoms with Gasteiger partial charge >= 0.3 is 0 Å². The molecule has 0 atom stereocenters. The van der Waals surface area contributed by atoms with E-state index in [1.165, 1.54) is 12.4 Å². The first-order chi connectivity index (χ1) is 15.9. The largest absolute Gasteiger partial charge is 0.366 e. The molecule has 9 nitrogen and oxygen atoms in total. The summed E-state index contributed by atoms with van der Waals surface area (Å²) in [6.45, 7) is 5.46. The monoisotopic (exact) mass is 446 g/mol. The number of carbonyl (C=O) groups is 1. The van der Waals surface area contributed by atoms with Crippen LogP contribution < -0.4 is 15.5 Å². The number of aryl methyl sites for hydroxylation is 2. The Balaban J connectivity index is 1.58. The molecule has 4 rings (SSSR count). The topological polar surface area (TPSA) is 113 Å². The Morgan fingerprint density at radius 2 is 1.91 bits per heavy atom. The van der Waals surface area contributed by atoms with Crippen molar-refractivity contribution >= 4 is 34.5 Å². The summed E-state index contributed by atoms with van der Waals surface area (Å²) in [5.41, 5.74) is 3.96. The molecule has 9 heteroatoms. The molecule has 1 aliphatic rings. The Morgan fingerprint density at radius 3 is 2.61 bits per heavy atom. The molecule has 0 unspecified atom stereocenters. The molecule has 1 aliphatic heterocycles. The van der Waals surface area contributed by atoms with Crippen LogP contribution in [-0.4, -0.2) is 33.9 Å². The second kappa shape index (κ2) is 9.64. The number of rotatable bonds is 7. The Kier molecular flexibility index (Phi) is 6.48. The zero-order chi connectivity index (χ0) is 23.4. The molecule has 33 heavy (non-hydrogen) atoms. The molecule has 2 heterocycles. The van der Waals surface area contributed by atoms with Crippen LogP contribution >= 0.6 is 0 Å². The van der Waals surface area contributed by atoms with Crippen molar-refractivity contribution in [1.82, 2.24) is 9.97 Å². The second-order valence-corrected chi connectivity index (χ2v) is 8.00. The first-order valence-electron chi connectivity index (χ1n) is 11.0. The normalized spacial score (nSPS) is 13.1. The highest BCUT2D eigenvalue weighted by atomic mass is 16.6. The van der Waals surface area contributed by atoms with E-state index in [-0.39, 0.29) is 11.3 Å². The highest BCUT2D eigenvalue weighted by Crippen LogP contribution is 2.32. The van der Waals surface area contributed by atoms with Gasteiger partial charge in [-0.15, -0.1) is 0 Å². The Bertz CT molecular complexity index is 1190. The van der Waals surface area contributed by atoms with E-state index in [4.69, 9.17) is 0 Å². The molecule has 0 saturated carbocycles. The summed E-state index contributed by atoms with van der Waals surface area (Å²) in [6.07, 6.45) is 4.23. The van der Waals surface area contributed by atoms with Crippen molar-refractivity contribution in [3.05, 3.63) is 75.7 Å². The number of benzene rings is 2. The van der Waals surface area contributed by atoms with Crippen molar-refractivity contribution in [1.29, 1.82) is 0 Å². The van der Waals surface area contributed by atoms with E-state index in [0.717, 1.165) is 49.3 Å². The maximum atomic E-state index is 13.0. The van der Waals surface area contributed by atoms with Gasteiger partial charge in [-0.2, -0.15) is 0 Å². The number of hydrogen-bond acceptors (Lipinski definition) is 7. The van der Waals surface area contributed by atoms with Gasteiger partial charge in [-0.1, -0.05) is 13.0 Å². The van der Waals surface area contributed by atoms with Gasteiger partial charge in [0, 0.05) is 47.9 Å². The fourth-order valence-electron chi connectivity index (χ4n) is 3.98. The molecular formula is C24H26N6O3. The van der Waals surface area contributed by atoms with Gasteiger partial charge in [0.05, 0.1) is 4.92 Å². The van der Waals surface area contributed by atoms with Crippen LogP contribution in [0.5, 0.6) is 0 Å². The third kappa shape index (κ3) is 5.08. The second-order valence-electron chi connectivity index (χ2n) is 8.00. The first kappa shape index (κ1) is 22.2. The van der Waals surface area contributed by atoms with Crippen LogP contribution in [0.25, 0.3) is 0 Å². The van der Waals surface area contributed by atoms with Crippen LogP contribution in [0.4, 0.5) is 28.6 Å². The summed E-state index contributed by atoms with van der Waals surface area (Å²) in [6, 6.07) is 12.2. The molecule has 0 spiro atoms. The van der Waals surface area contributed by atoms with Crippen LogP contribution in [-0.2, 0) is 6.42 Å². The average Bonchev–Trinajstić information content (AvgIpc) is 3.34. The SMILES string of the molecule is CCc1ccc(Nc2cc(C)ncn2)cc1NC(=O)c1ccc(N2CCCC2)c([N+](=O)[O-])c1. The van der Waals surface area contributed by atoms with E-state index < -0.39 is 10.8 Å². The minimum atomic E-state index is -0.420. The molecular weight excluding hydrogens is 420 g/mol. The zero-order valence-electron chi connectivity index (χ0n) is 18.7. The molecule has 0 bridgehead atoms. The lowest BCUT2D eigenvalue weighted by atomic mass is 10.1. The number of carbonyl (C=O) groups excluding carboxylic acids is 1. The Morgan fingerprint density at radius 1 is 1.12 bits per heavy atom. The van der Waals surface area contributed by atoms with E-state index >= 15 is 0 Å². The molecule has 1 aromatic heterocycles. The number of amides is 1. The van der Waals surface area contributed by atoms with Gasteiger partial charge in [-0.3, -0.25) is 14.9 Å². The predicted molar refractivity (Wildman–Crippen MR) is 128 cm³/mol. The summed E-state index contributed by atoms with van der Waals surface area (Å²) < 4.78 is 0. The smallest absolute Gasteiger partial charge is 0.293 e. The maximum absolute atomic E-state index is 13.0. The van der Waals surface area contributed by atoms with Crippen molar-refractivity contribution in [3.63, 3.8) is 0 Å². The molecule has 170 valence electrons. The maximum Gasteiger partial charge on any atom is 0.293 e. The van der Waals surface area contributed by atoms with Gasteiger partial charge in [0.2, 0.25) is 0 Å². The lowest BCUT2D eigenvalue weighted by Gasteiger charge is -2.18. The van der Waals surface area contributed by atoms with Crippen LogP contribution in [0.1, 0.15) is 41.4 Å². The lowest BCUT2D eigenvalue weighted by molar-refractivity contribution is -0.384. The third-order valence-corrected chi connectivity index (χ3v) is 5.70. The quantitative estimate of drug-likeness (QED) is 0.394. The number of aromatic nitrogens is 2. The molecule has 2 aromatic carbocycles. The molecule has 1 fully saturated rings. The average molecular weight is 447 g/mol. The van der Waals surface area contributed by atoms with E-state index in [2.05, 4.69) is 20.6 Å². The van der Waals surface area contributed by atoms with Crippen LogP contribution in [0.3, 0.4) is 0 Å². The minimum Gasteiger partial charge on any atom is -0.366 e. The first-order valence-corrected chi connectivity index (χ1v) is 11.0. The fourth-order valence-corrected chi connectivity index (χ4v) is 3.98. The molecule has 0 aliphatic carbocycles. The van der Waals surface area contributed by atoms with Crippen molar-refractivity contribution in [2.24, 2.45) is 0 Å². The number of nitrogens with zero attached hydrogens (tertiary/aromatic N) is 4. The van der Waals surface area contributed by atoms with Crippen molar-refractivity contribution in [3.8, 4) is 0 Å². The van der Waals surface area contributed by atoms with Gasteiger partial charge in [-0.25, -0.2) is 9.97 Å². The molecule has 1 amide bonds. The van der Waals surface area contributed by atoms with E-state index in [1.54, 1.807) is 12.1 Å². The number of nitrogens with one attached hydrogen (secondary N) is 2. The summed E-state index contributed by atoms with van der Waals surface area (Å²) in [4.78, 5) is 34.6. The predicted octanol–water partition coefficient (Wildman–Crippen LogP) is 4.85. The number of anilines is 4. The minimum absolute atomic E-state index is 0.0465. The highest BCUT2D eigenvalue weighted by Gasteiger charge is 2.24. The van der Waals surface area contributed by atoms with Gasteiger partial charge in [-0.05, 0) is 56.0 Å². The van der Waals surface area contributed by atoms with E-state index in [0.29, 0.717) is 17.2 Å². The summed E-state index contributed by atoms with van der Waals surface area (Å²) in [5, 5.41) is 17.8. The molecule has 1 saturated heterocycles. The summed E-state index contributed by atoms with van der Waals surface area (Å²) in [5.74, 6) is 0.257. The number of hydrogen-bond donors (Lipinski definition) is 2. The van der Waals surface area contributed by atoms with Crippen molar-refractivity contribution < 1.29 is 9.72 Å². The number of nitro groups is 1. The summed E-state index contributed by atoms with van der Waals surface area (Å²) >= 11 is 0. The third-order valence-electron chi connectivity index (χ3n) is 5.70. The van der Waals surface area contributed by atoms with Crippen molar-refractivity contribution in [2.45, 2.75) is 33.1 Å². The van der Waals surface area contributed by atoms with Crippen LogP contribution in [0.2, 0.25) is 0 Å². The zero-order valence-corrected chi connectivity index (χ0v) is 18.7. The Labute approximate surface area is 192 Å². The molecule has 2 N–H and O–H groups in total. The summed E-state index contributed by atoms with van der Waals surface area (Å²) in [7, 11) is 0. The Hall–Kier alpha value is -4.01. The molecule has 3 aromatic rings. The van der Waals surface area contributed by atoms with Crippen molar-refractivity contribution in [2.75, 3.05) is 28.6 Å². The number of nitro benzene ring substituents is 1. The van der Waals surface area contributed by atoms with E-state index in [9.17, 15) is 14.9 Å². The molecule has 0 radical (unpaired) electrons. The van der Waals surface area contributed by atoms with Gasteiger partial charge in [0.25, 0.3) is 11.6 Å². The van der Waals surface area contributed by atoms with Crippen LogP contribution in [0, 0.1) is 17.0 Å². The van der Waals surface area contributed by atoms with Crippen LogP contribution in [0.15, 0.2) is 48.8 Å². The van der Waals surface area contributed by atoms with Gasteiger partial charge < -0.3 is 15.5 Å². The van der Waals surface area contributed by atoms with Gasteiger partial charge in [0.1, 0.15) is 17.8 Å². The highest BCUT2D eigenvalue weighted by molar-refractivity contribution is 6.05. The lowest BCUT2D eigenvalue weighted by Crippen LogP contribution is -2.20. The van der Waals surface area contributed by atoms with Gasteiger partial charge in [0.15, 0.2) is 0 Å². The van der Waals surface area contributed by atoms with E-state index in [1.807, 2.05) is 43.0 Å². The fraction of sp³-hybridized carbons (Fsp3) is 0.292. The standard InChI is InChI=1S/C24H26N6O3/c1-3-17-6-8-19(27-23-12-16(2)25-15-26-23)14-20(17)28-24(31)18-7-9-21(22(13-18)30(32)33)29-10-4-5-11-29/h6-9,12-15H,3-5,10-11H2,1-2H3,(H,28,31)(H,25,26,27).